The summed E-state index contributed by atoms with van der Waals surface area (Å²) in [6.45, 7) is 5.25. The number of piperazine rings is 1. The Morgan fingerprint density at radius 1 is 1.00 bits per heavy atom. The molecule has 0 spiro atoms. The van der Waals surface area contributed by atoms with Crippen molar-refractivity contribution in [2.75, 3.05) is 32.8 Å². The Labute approximate surface area is 126 Å². The van der Waals surface area contributed by atoms with Crippen LogP contribution >= 0.6 is 0 Å². The topological polar surface area (TPSA) is 49.9 Å². The summed E-state index contributed by atoms with van der Waals surface area (Å²) in [4.78, 5) is 28.7. The standard InChI is InChI=1S/C16H26N2O3/c1-16(7-2-3-12-21-16)15(20)18-10-8-17(9-11-18)14(19)13-5-4-6-13/h13H,2-12H2,1H3/t16-/m1/s1. The number of hydrogen-bond acceptors (Lipinski definition) is 3. The third kappa shape index (κ3) is 2.93. The lowest BCUT2D eigenvalue weighted by atomic mass is 9.84. The summed E-state index contributed by atoms with van der Waals surface area (Å²) < 4.78 is 5.75. The third-order valence-electron chi connectivity index (χ3n) is 5.25. The first-order valence-electron chi connectivity index (χ1n) is 8.32. The second-order valence-corrected chi connectivity index (χ2v) is 6.78. The van der Waals surface area contributed by atoms with Crippen molar-refractivity contribution in [3.63, 3.8) is 0 Å². The van der Waals surface area contributed by atoms with Crippen molar-refractivity contribution in [2.24, 2.45) is 5.92 Å². The van der Waals surface area contributed by atoms with Crippen LogP contribution in [0.2, 0.25) is 0 Å². The quantitative estimate of drug-likeness (QED) is 0.774. The van der Waals surface area contributed by atoms with E-state index in [1.807, 2.05) is 16.7 Å². The zero-order valence-corrected chi connectivity index (χ0v) is 13.0. The maximum Gasteiger partial charge on any atom is 0.254 e. The molecule has 1 saturated carbocycles. The van der Waals surface area contributed by atoms with Gasteiger partial charge < -0.3 is 14.5 Å². The van der Waals surface area contributed by atoms with Crippen molar-refractivity contribution in [3.05, 3.63) is 0 Å². The summed E-state index contributed by atoms with van der Waals surface area (Å²) in [5.74, 6) is 0.665. The van der Waals surface area contributed by atoms with Crippen LogP contribution < -0.4 is 0 Å². The Morgan fingerprint density at radius 2 is 1.67 bits per heavy atom. The van der Waals surface area contributed by atoms with E-state index in [2.05, 4.69) is 0 Å². The molecule has 0 aromatic rings. The zero-order valence-electron chi connectivity index (χ0n) is 13.0. The largest absolute Gasteiger partial charge is 0.365 e. The van der Waals surface area contributed by atoms with Crippen LogP contribution in [0.1, 0.15) is 45.4 Å². The molecule has 5 heteroatoms. The monoisotopic (exact) mass is 294 g/mol. The molecule has 2 aliphatic heterocycles. The van der Waals surface area contributed by atoms with Gasteiger partial charge in [0.2, 0.25) is 5.91 Å². The van der Waals surface area contributed by atoms with E-state index in [4.69, 9.17) is 4.74 Å². The van der Waals surface area contributed by atoms with Gasteiger partial charge >= 0.3 is 0 Å². The first-order chi connectivity index (χ1) is 10.1. The lowest BCUT2D eigenvalue weighted by Gasteiger charge is -2.42. The number of ether oxygens (including phenoxy) is 1. The van der Waals surface area contributed by atoms with Crippen molar-refractivity contribution in [2.45, 2.75) is 51.0 Å². The average Bonchev–Trinajstić information content (AvgIpc) is 2.45. The van der Waals surface area contributed by atoms with E-state index in [0.29, 0.717) is 38.7 Å². The van der Waals surface area contributed by atoms with Gasteiger partial charge in [-0.15, -0.1) is 0 Å². The van der Waals surface area contributed by atoms with Gasteiger partial charge in [-0.3, -0.25) is 9.59 Å². The highest BCUT2D eigenvalue weighted by Crippen LogP contribution is 2.30. The van der Waals surface area contributed by atoms with Crippen LogP contribution in [0.3, 0.4) is 0 Å². The van der Waals surface area contributed by atoms with Crippen LogP contribution in [0.15, 0.2) is 0 Å². The minimum Gasteiger partial charge on any atom is -0.365 e. The summed E-state index contributed by atoms with van der Waals surface area (Å²) in [7, 11) is 0. The summed E-state index contributed by atoms with van der Waals surface area (Å²) in [5.41, 5.74) is -0.640. The predicted octanol–water partition coefficient (Wildman–Crippen LogP) is 1.42. The van der Waals surface area contributed by atoms with E-state index in [1.54, 1.807) is 0 Å². The minimum atomic E-state index is -0.640. The molecule has 3 fully saturated rings. The Balaban J connectivity index is 1.52. The van der Waals surface area contributed by atoms with E-state index < -0.39 is 5.60 Å². The van der Waals surface area contributed by atoms with Gasteiger partial charge in [-0.2, -0.15) is 0 Å². The fourth-order valence-corrected chi connectivity index (χ4v) is 3.48. The molecule has 1 atom stereocenters. The van der Waals surface area contributed by atoms with E-state index >= 15 is 0 Å². The van der Waals surface area contributed by atoms with Gasteiger partial charge in [0, 0.05) is 38.7 Å². The molecule has 3 rings (SSSR count). The third-order valence-corrected chi connectivity index (χ3v) is 5.25. The van der Waals surface area contributed by atoms with E-state index in [0.717, 1.165) is 32.1 Å². The Hall–Kier alpha value is -1.10. The molecular formula is C16H26N2O3. The van der Waals surface area contributed by atoms with Crippen LogP contribution in [0.5, 0.6) is 0 Å². The molecule has 1 aliphatic carbocycles. The molecule has 2 heterocycles. The van der Waals surface area contributed by atoms with E-state index in [-0.39, 0.29) is 11.8 Å². The normalized spacial score (nSPS) is 30.9. The summed E-state index contributed by atoms with van der Waals surface area (Å²) >= 11 is 0. The average molecular weight is 294 g/mol. The van der Waals surface area contributed by atoms with Crippen LogP contribution in [0, 0.1) is 5.92 Å². The highest BCUT2D eigenvalue weighted by atomic mass is 16.5. The Bertz CT molecular complexity index is 406. The predicted molar refractivity (Wildman–Crippen MR) is 78.7 cm³/mol. The molecule has 2 saturated heterocycles. The number of rotatable bonds is 2. The second kappa shape index (κ2) is 5.95. The van der Waals surface area contributed by atoms with Crippen molar-refractivity contribution in [1.82, 2.24) is 9.80 Å². The van der Waals surface area contributed by atoms with Crippen LogP contribution in [0.25, 0.3) is 0 Å². The zero-order chi connectivity index (χ0) is 14.9. The summed E-state index contributed by atoms with van der Waals surface area (Å²) in [5, 5.41) is 0. The van der Waals surface area contributed by atoms with Crippen LogP contribution in [-0.2, 0) is 14.3 Å². The number of carbonyl (C=O) groups excluding carboxylic acids is 2. The SMILES string of the molecule is C[C@]1(C(=O)N2CCN(C(=O)C3CCC3)CC2)CCCCO1. The van der Waals surface area contributed by atoms with Gasteiger partial charge in [0.15, 0.2) is 0 Å². The molecule has 3 aliphatic rings. The van der Waals surface area contributed by atoms with Gasteiger partial charge in [-0.1, -0.05) is 6.42 Å². The minimum absolute atomic E-state index is 0.109. The molecule has 118 valence electrons. The Morgan fingerprint density at radius 3 is 2.19 bits per heavy atom. The maximum atomic E-state index is 12.7. The molecule has 2 amide bonds. The molecule has 0 N–H and O–H groups in total. The molecule has 0 unspecified atom stereocenters. The van der Waals surface area contributed by atoms with E-state index in [1.165, 1.54) is 6.42 Å². The molecule has 5 nitrogen and oxygen atoms in total. The number of nitrogens with zero attached hydrogens (tertiary/aromatic N) is 2. The first-order valence-corrected chi connectivity index (χ1v) is 8.32. The highest BCUT2D eigenvalue weighted by Gasteiger charge is 2.40. The highest BCUT2D eigenvalue weighted by molar-refractivity contribution is 5.85. The number of hydrogen-bond donors (Lipinski definition) is 0. The lowest BCUT2D eigenvalue weighted by molar-refractivity contribution is -0.165. The van der Waals surface area contributed by atoms with Crippen molar-refractivity contribution < 1.29 is 14.3 Å². The first kappa shape index (κ1) is 14.8. The summed E-state index contributed by atoms with van der Waals surface area (Å²) in [6.07, 6.45) is 6.19. The maximum absolute atomic E-state index is 12.7. The molecule has 0 aromatic heterocycles. The molecule has 0 bridgehead atoms. The van der Waals surface area contributed by atoms with Gasteiger partial charge in [-0.25, -0.2) is 0 Å². The van der Waals surface area contributed by atoms with Crippen LogP contribution in [0.4, 0.5) is 0 Å². The van der Waals surface area contributed by atoms with Crippen molar-refractivity contribution >= 4 is 11.8 Å². The lowest BCUT2D eigenvalue weighted by Crippen LogP contribution is -2.58. The summed E-state index contributed by atoms with van der Waals surface area (Å²) in [6, 6.07) is 0. The van der Waals surface area contributed by atoms with E-state index in [9.17, 15) is 9.59 Å². The molecule has 21 heavy (non-hydrogen) atoms. The smallest absolute Gasteiger partial charge is 0.254 e. The number of carbonyl (C=O) groups is 2. The fourth-order valence-electron chi connectivity index (χ4n) is 3.48. The van der Waals surface area contributed by atoms with Gasteiger partial charge in [0.25, 0.3) is 5.91 Å². The van der Waals surface area contributed by atoms with Crippen LogP contribution in [-0.4, -0.2) is 60.0 Å². The van der Waals surface area contributed by atoms with Crippen molar-refractivity contribution in [3.8, 4) is 0 Å². The molecule has 0 radical (unpaired) electrons. The second-order valence-electron chi connectivity index (χ2n) is 6.78. The Kier molecular flexibility index (Phi) is 4.20. The number of amides is 2. The molecular weight excluding hydrogens is 268 g/mol. The molecule has 0 aromatic carbocycles. The van der Waals surface area contributed by atoms with Crippen molar-refractivity contribution in [1.29, 1.82) is 0 Å². The van der Waals surface area contributed by atoms with Gasteiger partial charge in [0.05, 0.1) is 0 Å². The van der Waals surface area contributed by atoms with Gasteiger partial charge in [0.1, 0.15) is 5.60 Å². The fraction of sp³-hybridized carbons (Fsp3) is 0.875. The van der Waals surface area contributed by atoms with Gasteiger partial charge in [-0.05, 0) is 39.0 Å².